The number of hydrogen-bond acceptors (Lipinski definition) is 3. The first-order valence-corrected chi connectivity index (χ1v) is 13.6. The van der Waals surface area contributed by atoms with Crippen LogP contribution in [0.1, 0.15) is 35.6 Å². The second-order valence-electron chi connectivity index (χ2n) is 10.6. The first-order valence-electron chi connectivity index (χ1n) is 13.2. The van der Waals surface area contributed by atoms with Gasteiger partial charge in [0.15, 0.2) is 5.11 Å². The van der Waals surface area contributed by atoms with Crippen molar-refractivity contribution in [3.05, 3.63) is 83.9 Å². The molecule has 3 aromatic carbocycles. The summed E-state index contributed by atoms with van der Waals surface area (Å²) < 4.78 is 86.1. The molecule has 4 unspecified atom stereocenters. The predicted molar refractivity (Wildman–Crippen MR) is 151 cm³/mol. The van der Waals surface area contributed by atoms with Crippen LogP contribution in [0.25, 0.3) is 10.8 Å². The van der Waals surface area contributed by atoms with Crippen molar-refractivity contribution in [2.75, 3.05) is 25.5 Å². The zero-order valence-corrected chi connectivity index (χ0v) is 23.0. The van der Waals surface area contributed by atoms with Crippen LogP contribution in [0.3, 0.4) is 0 Å². The van der Waals surface area contributed by atoms with Gasteiger partial charge in [0.05, 0.1) is 24.3 Å². The fourth-order valence-electron chi connectivity index (χ4n) is 6.11. The monoisotopic (exact) mass is 593 g/mol. The average Bonchev–Trinajstić information content (AvgIpc) is 2.94. The van der Waals surface area contributed by atoms with Crippen LogP contribution >= 0.6 is 12.2 Å². The van der Waals surface area contributed by atoms with Crippen molar-refractivity contribution in [3.8, 4) is 5.75 Å². The van der Waals surface area contributed by atoms with Gasteiger partial charge in [0.1, 0.15) is 5.75 Å². The molecule has 41 heavy (non-hydrogen) atoms. The number of nitrogens with zero attached hydrogens (tertiary/aromatic N) is 1. The van der Waals surface area contributed by atoms with Crippen molar-refractivity contribution in [3.63, 3.8) is 0 Å². The van der Waals surface area contributed by atoms with Gasteiger partial charge >= 0.3 is 12.4 Å². The largest absolute Gasteiger partial charge is 0.497 e. The van der Waals surface area contributed by atoms with E-state index < -0.39 is 35.2 Å². The van der Waals surface area contributed by atoms with E-state index in [2.05, 4.69) is 22.1 Å². The van der Waals surface area contributed by atoms with Crippen molar-refractivity contribution in [1.82, 2.24) is 10.2 Å². The number of anilines is 1. The molecule has 6 rings (SSSR count). The molecule has 3 saturated heterocycles. The summed E-state index contributed by atoms with van der Waals surface area (Å²) in [6.07, 6.45) is -6.09. The molecule has 218 valence electrons. The van der Waals surface area contributed by atoms with E-state index in [0.717, 1.165) is 42.3 Å². The fourth-order valence-corrected chi connectivity index (χ4v) is 6.36. The van der Waals surface area contributed by atoms with Crippen LogP contribution in [-0.2, 0) is 12.4 Å². The highest BCUT2D eigenvalue weighted by atomic mass is 32.1. The highest BCUT2D eigenvalue weighted by Crippen LogP contribution is 2.43. The molecular weight excluding hydrogens is 564 g/mol. The van der Waals surface area contributed by atoms with Crippen molar-refractivity contribution in [1.29, 1.82) is 0 Å². The second-order valence-corrected chi connectivity index (χ2v) is 11.0. The van der Waals surface area contributed by atoms with Gasteiger partial charge in [0, 0.05) is 18.3 Å². The Bertz CT molecular complexity index is 1420. The number of alkyl halides is 6. The molecule has 4 nitrogen and oxygen atoms in total. The Hall–Kier alpha value is -3.31. The molecule has 3 heterocycles. The number of hydrogen-bond donors (Lipinski definition) is 2. The number of nitrogens with one attached hydrogen (secondary N) is 2. The zero-order chi connectivity index (χ0) is 29.5. The maximum Gasteiger partial charge on any atom is 0.416 e. The smallest absolute Gasteiger partial charge is 0.416 e. The van der Waals surface area contributed by atoms with Crippen LogP contribution in [0.2, 0.25) is 0 Å². The van der Waals surface area contributed by atoms with Crippen molar-refractivity contribution in [2.24, 2.45) is 11.8 Å². The molecule has 0 amide bonds. The van der Waals surface area contributed by atoms with E-state index in [1.807, 2.05) is 42.5 Å². The van der Waals surface area contributed by atoms with E-state index in [9.17, 15) is 26.3 Å². The highest BCUT2D eigenvalue weighted by molar-refractivity contribution is 7.80. The Morgan fingerprint density at radius 1 is 1.05 bits per heavy atom. The van der Waals surface area contributed by atoms with Gasteiger partial charge in [0.2, 0.25) is 0 Å². The zero-order valence-electron chi connectivity index (χ0n) is 22.1. The molecule has 2 N–H and O–H groups in total. The van der Waals surface area contributed by atoms with Gasteiger partial charge in [-0.05, 0) is 90.1 Å². The molecule has 0 aromatic heterocycles. The molecule has 3 aliphatic rings. The number of fused-ring (bicyclic) bond motifs is 4. The first kappa shape index (κ1) is 29.2. The van der Waals surface area contributed by atoms with Gasteiger partial charge in [-0.1, -0.05) is 30.3 Å². The van der Waals surface area contributed by atoms with Gasteiger partial charge in [-0.2, -0.15) is 26.3 Å². The van der Waals surface area contributed by atoms with Gasteiger partial charge in [-0.25, -0.2) is 0 Å². The highest BCUT2D eigenvalue weighted by Gasteiger charge is 2.43. The molecule has 0 spiro atoms. The van der Waals surface area contributed by atoms with E-state index in [1.165, 1.54) is 0 Å². The standard InChI is InChI=1S/C30H29F6N3OS/c1-3-17-16-39-10-9-19(17)11-26(39)27(24-6-4-5-18-7-8-23(40-2)15-25(18)24)38-28(41)37-22-13-20(29(31,32)33)12-21(14-22)30(34,35)36/h3-8,12-15,17,19,26-27H,1,9-11,16H2,2H3,(H2,37,38,41)/t17?,19?,26?,27-/m0/s1. The van der Waals surface area contributed by atoms with Crippen LogP contribution in [0.15, 0.2) is 67.3 Å². The van der Waals surface area contributed by atoms with Crippen LogP contribution < -0.4 is 15.4 Å². The van der Waals surface area contributed by atoms with Crippen molar-refractivity contribution < 1.29 is 31.1 Å². The minimum Gasteiger partial charge on any atom is -0.497 e. The third kappa shape index (κ3) is 6.16. The van der Waals surface area contributed by atoms with Gasteiger partial charge in [0.25, 0.3) is 0 Å². The Morgan fingerprint density at radius 2 is 1.76 bits per heavy atom. The molecule has 3 fully saturated rings. The molecule has 0 aliphatic carbocycles. The lowest BCUT2D eigenvalue weighted by Gasteiger charge is -2.52. The van der Waals surface area contributed by atoms with Gasteiger partial charge in [-0.3, -0.25) is 4.90 Å². The number of rotatable bonds is 6. The third-order valence-corrected chi connectivity index (χ3v) is 8.35. The molecule has 0 radical (unpaired) electrons. The molecule has 5 atom stereocenters. The maximum atomic E-state index is 13.4. The lowest BCUT2D eigenvalue weighted by Crippen LogP contribution is -2.57. The summed E-state index contributed by atoms with van der Waals surface area (Å²) in [6, 6.07) is 12.5. The Balaban J connectivity index is 1.51. The third-order valence-electron chi connectivity index (χ3n) is 8.13. The molecule has 3 aromatic rings. The van der Waals surface area contributed by atoms with E-state index >= 15 is 0 Å². The van der Waals surface area contributed by atoms with E-state index in [0.29, 0.717) is 29.7 Å². The summed E-state index contributed by atoms with van der Waals surface area (Å²) >= 11 is 5.51. The normalized spacial score (nSPS) is 23.2. The number of ether oxygens (including phenoxy) is 1. The molecule has 2 bridgehead atoms. The fraction of sp³-hybridized carbons (Fsp3) is 0.367. The number of thiocarbonyl (C=S) groups is 1. The molecule has 11 heteroatoms. The summed E-state index contributed by atoms with van der Waals surface area (Å²) in [7, 11) is 1.57. The summed E-state index contributed by atoms with van der Waals surface area (Å²) in [6.45, 7) is 5.67. The topological polar surface area (TPSA) is 36.5 Å². The minimum atomic E-state index is -4.96. The lowest BCUT2D eigenvalue weighted by molar-refractivity contribution is -0.143. The second kappa shape index (κ2) is 11.2. The first-order chi connectivity index (χ1) is 19.4. The Morgan fingerprint density at radius 3 is 2.34 bits per heavy atom. The van der Waals surface area contributed by atoms with Crippen molar-refractivity contribution in [2.45, 2.75) is 37.3 Å². The number of piperidine rings is 3. The Kier molecular flexibility index (Phi) is 7.95. The summed E-state index contributed by atoms with van der Waals surface area (Å²) in [5.41, 5.74) is -2.33. The molecule has 3 aliphatic heterocycles. The van der Waals surface area contributed by atoms with E-state index in [1.54, 1.807) is 7.11 Å². The van der Waals surface area contributed by atoms with E-state index in [-0.39, 0.29) is 17.2 Å². The van der Waals surface area contributed by atoms with Crippen LogP contribution in [-0.4, -0.2) is 36.3 Å². The molecule has 0 saturated carbocycles. The van der Waals surface area contributed by atoms with E-state index in [4.69, 9.17) is 17.0 Å². The SMILES string of the molecule is C=CC1CN2CCC1CC2[C@@H](NC(=S)Nc1cc(C(F)(F)F)cc(C(F)(F)F)c1)c1cccc2ccc(OC)cc12. The predicted octanol–water partition coefficient (Wildman–Crippen LogP) is 7.81. The van der Waals surface area contributed by atoms with Crippen LogP contribution in [0.4, 0.5) is 32.0 Å². The van der Waals surface area contributed by atoms with Crippen molar-refractivity contribution >= 4 is 33.8 Å². The van der Waals surface area contributed by atoms with Crippen LogP contribution in [0.5, 0.6) is 5.75 Å². The summed E-state index contributed by atoms with van der Waals surface area (Å²) in [5, 5.41) is 7.66. The average molecular weight is 594 g/mol. The number of methoxy groups -OCH3 is 1. The van der Waals surface area contributed by atoms with Gasteiger partial charge in [-0.15, -0.1) is 6.58 Å². The summed E-state index contributed by atoms with van der Waals surface area (Å²) in [4.78, 5) is 2.36. The summed E-state index contributed by atoms with van der Waals surface area (Å²) in [5.74, 6) is 1.42. The minimum absolute atomic E-state index is 0.0197. The van der Waals surface area contributed by atoms with Crippen LogP contribution in [0, 0.1) is 11.8 Å². The number of benzene rings is 3. The number of halogens is 6. The molecular formula is C30H29F6N3OS. The Labute approximate surface area is 239 Å². The lowest BCUT2D eigenvalue weighted by atomic mass is 9.73. The van der Waals surface area contributed by atoms with Gasteiger partial charge < -0.3 is 15.4 Å². The quantitative estimate of drug-likeness (QED) is 0.173. The maximum absolute atomic E-state index is 13.4.